The van der Waals surface area contributed by atoms with Gasteiger partial charge < -0.3 is 0 Å². The lowest BCUT2D eigenvalue weighted by atomic mass is 9.95. The quantitative estimate of drug-likeness (QED) is 0.715. The molecule has 0 amide bonds. The monoisotopic (exact) mass is 257 g/mol. The zero-order chi connectivity index (χ0) is 9.10. The summed E-state index contributed by atoms with van der Waals surface area (Å²) in [6.45, 7) is 0. The first-order valence-electron chi connectivity index (χ1n) is 4.55. The second-order valence-corrected chi connectivity index (χ2v) is 5.34. The van der Waals surface area contributed by atoms with Crippen molar-refractivity contribution in [3.05, 3.63) is 28.5 Å². The van der Waals surface area contributed by atoms with Crippen molar-refractivity contribution in [2.75, 3.05) is 11.5 Å². The van der Waals surface area contributed by atoms with Crippen LogP contribution in [-0.2, 0) is 0 Å². The van der Waals surface area contributed by atoms with Crippen LogP contribution < -0.4 is 0 Å². The van der Waals surface area contributed by atoms with Gasteiger partial charge in [0.15, 0.2) is 0 Å². The number of hydrogen-bond donors (Lipinski definition) is 0. The first kappa shape index (κ1) is 9.53. The van der Waals surface area contributed by atoms with Gasteiger partial charge in [0.25, 0.3) is 0 Å². The Hall–Kier alpha value is -0.0200. The first-order valence-corrected chi connectivity index (χ1v) is 6.50. The Kier molecular flexibility index (Phi) is 3.28. The molecule has 0 aliphatic carbocycles. The van der Waals surface area contributed by atoms with E-state index in [0.29, 0.717) is 0 Å². The molecule has 1 fully saturated rings. The number of rotatable bonds is 1. The fourth-order valence-electron chi connectivity index (χ4n) is 1.70. The number of hydrogen-bond acceptors (Lipinski definition) is 2. The van der Waals surface area contributed by atoms with Crippen LogP contribution in [0.15, 0.2) is 22.9 Å². The fourth-order valence-corrected chi connectivity index (χ4v) is 3.19. The summed E-state index contributed by atoms with van der Waals surface area (Å²) in [5.74, 6) is 3.38. The van der Waals surface area contributed by atoms with E-state index in [1.165, 1.54) is 29.9 Å². The van der Waals surface area contributed by atoms with Crippen molar-refractivity contribution in [2.45, 2.75) is 18.8 Å². The molecular weight excluding hydrogens is 246 g/mol. The average molecular weight is 258 g/mol. The highest BCUT2D eigenvalue weighted by Crippen LogP contribution is 2.31. The molecule has 0 N–H and O–H groups in total. The van der Waals surface area contributed by atoms with Crippen molar-refractivity contribution in [1.29, 1.82) is 0 Å². The highest BCUT2D eigenvalue weighted by Gasteiger charge is 2.15. The van der Waals surface area contributed by atoms with Gasteiger partial charge in [-0.05, 0) is 63.9 Å². The molecule has 2 heterocycles. The van der Waals surface area contributed by atoms with Crippen molar-refractivity contribution in [2.24, 2.45) is 0 Å². The normalized spacial score (nSPS) is 18.8. The molecule has 1 aromatic rings. The third kappa shape index (κ3) is 2.47. The highest BCUT2D eigenvalue weighted by molar-refractivity contribution is 9.10. The predicted molar refractivity (Wildman–Crippen MR) is 61.2 cm³/mol. The minimum Gasteiger partial charge on any atom is -0.249 e. The molecule has 0 radical (unpaired) electrons. The van der Waals surface area contributed by atoms with Gasteiger partial charge in [0.2, 0.25) is 0 Å². The molecule has 70 valence electrons. The molecule has 1 aliphatic heterocycles. The third-order valence-electron chi connectivity index (χ3n) is 2.44. The molecular formula is C10H12BrNS. The third-order valence-corrected chi connectivity index (χ3v) is 3.93. The van der Waals surface area contributed by atoms with E-state index in [-0.39, 0.29) is 0 Å². The zero-order valence-corrected chi connectivity index (χ0v) is 9.77. The lowest BCUT2D eigenvalue weighted by Gasteiger charge is -2.21. The summed E-state index contributed by atoms with van der Waals surface area (Å²) in [5.41, 5.74) is 1.45. The van der Waals surface area contributed by atoms with Crippen LogP contribution in [0.5, 0.6) is 0 Å². The van der Waals surface area contributed by atoms with E-state index in [1.807, 2.05) is 6.20 Å². The Balaban J connectivity index is 2.14. The lowest BCUT2D eigenvalue weighted by molar-refractivity contribution is 0.636. The minimum absolute atomic E-state index is 0.764. The Bertz CT molecular complexity index is 284. The average Bonchev–Trinajstić information content (AvgIpc) is 2.19. The van der Waals surface area contributed by atoms with E-state index in [0.717, 1.165) is 10.5 Å². The molecule has 0 saturated carbocycles. The van der Waals surface area contributed by atoms with Crippen LogP contribution in [0.2, 0.25) is 0 Å². The van der Waals surface area contributed by atoms with Crippen molar-refractivity contribution in [3.63, 3.8) is 0 Å². The van der Waals surface area contributed by atoms with Crippen molar-refractivity contribution < 1.29 is 0 Å². The summed E-state index contributed by atoms with van der Waals surface area (Å²) in [4.78, 5) is 4.15. The van der Waals surface area contributed by atoms with E-state index in [2.05, 4.69) is 44.8 Å². The molecule has 0 aromatic carbocycles. The van der Waals surface area contributed by atoms with Crippen molar-refractivity contribution in [3.8, 4) is 0 Å². The molecule has 1 saturated heterocycles. The largest absolute Gasteiger partial charge is 0.249 e. The van der Waals surface area contributed by atoms with Crippen molar-refractivity contribution >= 4 is 27.7 Å². The van der Waals surface area contributed by atoms with Crippen LogP contribution in [0.4, 0.5) is 0 Å². The molecule has 2 rings (SSSR count). The van der Waals surface area contributed by atoms with Gasteiger partial charge in [0, 0.05) is 6.20 Å². The molecule has 0 unspecified atom stereocenters. The summed E-state index contributed by atoms with van der Waals surface area (Å²) in [6.07, 6.45) is 4.53. The molecule has 1 nitrogen and oxygen atoms in total. The zero-order valence-electron chi connectivity index (χ0n) is 7.37. The Morgan fingerprint density at radius 3 is 2.85 bits per heavy atom. The van der Waals surface area contributed by atoms with E-state index >= 15 is 0 Å². The van der Waals surface area contributed by atoms with E-state index in [1.54, 1.807) is 0 Å². The molecule has 0 atom stereocenters. The summed E-state index contributed by atoms with van der Waals surface area (Å²) < 4.78 is 0.961. The lowest BCUT2D eigenvalue weighted by Crippen LogP contribution is -2.07. The molecule has 1 aromatic heterocycles. The second-order valence-electron chi connectivity index (χ2n) is 3.30. The van der Waals surface area contributed by atoms with Gasteiger partial charge in [-0.15, -0.1) is 0 Å². The maximum atomic E-state index is 4.15. The first-order chi connectivity index (χ1) is 6.36. The van der Waals surface area contributed by atoms with Gasteiger partial charge in [0.1, 0.15) is 4.60 Å². The van der Waals surface area contributed by atoms with Crippen LogP contribution in [-0.4, -0.2) is 16.5 Å². The standard InChI is InChI=1S/C10H12BrNS/c11-10-7-9(1-4-12-10)8-2-5-13-6-3-8/h1,4,7-8H,2-3,5-6H2. The van der Waals surface area contributed by atoms with Crippen LogP contribution >= 0.6 is 27.7 Å². The summed E-state index contributed by atoms with van der Waals surface area (Å²) in [7, 11) is 0. The fraction of sp³-hybridized carbons (Fsp3) is 0.500. The number of pyridine rings is 1. The van der Waals surface area contributed by atoms with Gasteiger partial charge >= 0.3 is 0 Å². The van der Waals surface area contributed by atoms with Crippen LogP contribution in [0, 0.1) is 0 Å². The molecule has 13 heavy (non-hydrogen) atoms. The smallest absolute Gasteiger partial charge is 0.106 e. The maximum absolute atomic E-state index is 4.15. The number of thioether (sulfide) groups is 1. The Morgan fingerprint density at radius 2 is 2.15 bits per heavy atom. The van der Waals surface area contributed by atoms with E-state index in [4.69, 9.17) is 0 Å². The second kappa shape index (κ2) is 4.47. The highest BCUT2D eigenvalue weighted by atomic mass is 79.9. The van der Waals surface area contributed by atoms with E-state index < -0.39 is 0 Å². The topological polar surface area (TPSA) is 12.9 Å². The van der Waals surface area contributed by atoms with Gasteiger partial charge in [-0.3, -0.25) is 0 Å². The Morgan fingerprint density at radius 1 is 1.38 bits per heavy atom. The number of halogens is 1. The number of nitrogens with zero attached hydrogens (tertiary/aromatic N) is 1. The molecule has 0 spiro atoms. The van der Waals surface area contributed by atoms with Gasteiger partial charge in [0.05, 0.1) is 0 Å². The van der Waals surface area contributed by atoms with Crippen molar-refractivity contribution in [1.82, 2.24) is 4.98 Å². The van der Waals surface area contributed by atoms with E-state index in [9.17, 15) is 0 Å². The number of aromatic nitrogens is 1. The van der Waals surface area contributed by atoms with Crippen LogP contribution in [0.1, 0.15) is 24.3 Å². The Labute approximate surface area is 91.5 Å². The van der Waals surface area contributed by atoms with Gasteiger partial charge in [-0.2, -0.15) is 11.8 Å². The summed E-state index contributed by atoms with van der Waals surface area (Å²) in [6, 6.07) is 4.30. The summed E-state index contributed by atoms with van der Waals surface area (Å²) in [5, 5.41) is 0. The van der Waals surface area contributed by atoms with Crippen LogP contribution in [0.25, 0.3) is 0 Å². The SMILES string of the molecule is Brc1cc(C2CCSCC2)ccn1. The molecule has 3 heteroatoms. The predicted octanol–water partition coefficient (Wildman–Crippen LogP) is 3.45. The minimum atomic E-state index is 0.764. The molecule has 1 aliphatic rings. The summed E-state index contributed by atoms with van der Waals surface area (Å²) >= 11 is 5.48. The maximum Gasteiger partial charge on any atom is 0.106 e. The molecule has 0 bridgehead atoms. The van der Waals surface area contributed by atoms with Gasteiger partial charge in [-0.25, -0.2) is 4.98 Å². The van der Waals surface area contributed by atoms with Crippen LogP contribution in [0.3, 0.4) is 0 Å². The van der Waals surface area contributed by atoms with Gasteiger partial charge in [-0.1, -0.05) is 0 Å².